The van der Waals surface area contributed by atoms with Crippen LogP contribution in [-0.4, -0.2) is 32.8 Å². The summed E-state index contributed by atoms with van der Waals surface area (Å²) in [5.74, 6) is 0. The number of nitrogens with one attached hydrogen (secondary N) is 1. The molecular weight excluding hydrogens is 236 g/mol. The molecule has 3 nitrogen and oxygen atoms in total. The van der Waals surface area contributed by atoms with Gasteiger partial charge in [-0.05, 0) is 38.4 Å². The maximum absolute atomic E-state index is 5.23. The molecule has 0 aliphatic carbocycles. The number of para-hydroxylation sites is 1. The number of anilines is 1. The van der Waals surface area contributed by atoms with E-state index >= 15 is 0 Å². The third-order valence-corrected chi connectivity index (χ3v) is 3.20. The van der Waals surface area contributed by atoms with E-state index in [-0.39, 0.29) is 0 Å². The first-order valence-corrected chi connectivity index (χ1v) is 7.24. The minimum absolute atomic E-state index is 0.475. The number of benzene rings is 1. The molecule has 0 aliphatic rings. The average Bonchev–Trinajstić information content (AvgIpc) is 2.40. The highest BCUT2D eigenvalue weighted by Crippen LogP contribution is 2.22. The zero-order valence-electron chi connectivity index (χ0n) is 12.8. The third kappa shape index (κ3) is 5.21. The van der Waals surface area contributed by atoms with Crippen LogP contribution in [0.4, 0.5) is 5.69 Å². The van der Waals surface area contributed by atoms with Gasteiger partial charge in [-0.25, -0.2) is 0 Å². The molecule has 0 spiro atoms. The van der Waals surface area contributed by atoms with Crippen molar-refractivity contribution in [2.24, 2.45) is 0 Å². The van der Waals surface area contributed by atoms with E-state index in [1.54, 1.807) is 7.11 Å². The summed E-state index contributed by atoms with van der Waals surface area (Å²) >= 11 is 0. The summed E-state index contributed by atoms with van der Waals surface area (Å²) in [5.41, 5.74) is 2.68. The van der Waals surface area contributed by atoms with E-state index in [0.29, 0.717) is 6.04 Å². The molecule has 0 amide bonds. The van der Waals surface area contributed by atoms with E-state index in [2.05, 4.69) is 55.3 Å². The van der Waals surface area contributed by atoms with E-state index < -0.39 is 0 Å². The van der Waals surface area contributed by atoms with Gasteiger partial charge in [-0.15, -0.1) is 0 Å². The Balaban J connectivity index is 2.82. The molecule has 1 aromatic rings. The minimum Gasteiger partial charge on any atom is -0.383 e. The van der Waals surface area contributed by atoms with Gasteiger partial charge in [0.2, 0.25) is 0 Å². The summed E-state index contributed by atoms with van der Waals surface area (Å²) in [6, 6.07) is 9.11. The lowest BCUT2D eigenvalue weighted by atomic mass is 10.1. The van der Waals surface area contributed by atoms with Crippen LogP contribution in [-0.2, 0) is 11.3 Å². The highest BCUT2D eigenvalue weighted by atomic mass is 16.5. The van der Waals surface area contributed by atoms with Crippen molar-refractivity contribution < 1.29 is 4.74 Å². The van der Waals surface area contributed by atoms with Crippen LogP contribution in [0.25, 0.3) is 0 Å². The number of rotatable bonds is 9. The summed E-state index contributed by atoms with van der Waals surface area (Å²) < 4.78 is 5.23. The average molecular weight is 264 g/mol. The minimum atomic E-state index is 0.475. The molecule has 0 fully saturated rings. The maximum atomic E-state index is 5.23. The molecule has 3 heteroatoms. The molecule has 1 aromatic carbocycles. The van der Waals surface area contributed by atoms with Gasteiger partial charge in [0.1, 0.15) is 0 Å². The molecule has 0 aromatic heterocycles. The number of hydrogen-bond donors (Lipinski definition) is 1. The first kappa shape index (κ1) is 16.0. The van der Waals surface area contributed by atoms with E-state index in [1.165, 1.54) is 17.7 Å². The van der Waals surface area contributed by atoms with Gasteiger partial charge in [0.15, 0.2) is 0 Å². The zero-order valence-corrected chi connectivity index (χ0v) is 12.8. The maximum Gasteiger partial charge on any atom is 0.0637 e. The molecule has 1 N–H and O–H groups in total. The second-order valence-corrected chi connectivity index (χ2v) is 5.09. The SMILES string of the molecule is CCCNCc1ccccc1N(CCOC)C(C)C. The van der Waals surface area contributed by atoms with Crippen molar-refractivity contribution in [3.63, 3.8) is 0 Å². The second kappa shape index (κ2) is 8.94. The number of hydrogen-bond acceptors (Lipinski definition) is 3. The quantitative estimate of drug-likeness (QED) is 0.694. The van der Waals surface area contributed by atoms with Crippen molar-refractivity contribution in [3.8, 4) is 0 Å². The lowest BCUT2D eigenvalue weighted by Gasteiger charge is -2.31. The van der Waals surface area contributed by atoms with Gasteiger partial charge in [0.25, 0.3) is 0 Å². The Morgan fingerprint density at radius 3 is 2.63 bits per heavy atom. The van der Waals surface area contributed by atoms with Gasteiger partial charge in [-0.1, -0.05) is 25.1 Å². The Labute approximate surface area is 118 Å². The Morgan fingerprint density at radius 1 is 1.26 bits per heavy atom. The predicted octanol–water partition coefficient (Wildman–Crippen LogP) is 3.05. The molecule has 19 heavy (non-hydrogen) atoms. The van der Waals surface area contributed by atoms with E-state index in [4.69, 9.17) is 4.74 Å². The standard InChI is InChI=1S/C16H28N2O/c1-5-10-17-13-15-8-6-7-9-16(15)18(14(2)3)11-12-19-4/h6-9,14,17H,5,10-13H2,1-4H3. The topological polar surface area (TPSA) is 24.5 Å². The summed E-state index contributed by atoms with van der Waals surface area (Å²) in [7, 11) is 1.76. The van der Waals surface area contributed by atoms with Gasteiger partial charge in [-0.3, -0.25) is 0 Å². The highest BCUT2D eigenvalue weighted by Gasteiger charge is 2.13. The fourth-order valence-electron chi connectivity index (χ4n) is 2.19. The number of nitrogens with zero attached hydrogens (tertiary/aromatic N) is 1. The predicted molar refractivity (Wildman–Crippen MR) is 82.8 cm³/mol. The van der Waals surface area contributed by atoms with E-state index in [1.807, 2.05) is 0 Å². The van der Waals surface area contributed by atoms with Crippen molar-refractivity contribution in [2.45, 2.75) is 39.8 Å². The van der Waals surface area contributed by atoms with Crippen LogP contribution >= 0.6 is 0 Å². The molecule has 0 heterocycles. The van der Waals surface area contributed by atoms with Crippen LogP contribution in [0.5, 0.6) is 0 Å². The first-order valence-electron chi connectivity index (χ1n) is 7.24. The molecule has 108 valence electrons. The van der Waals surface area contributed by atoms with Crippen LogP contribution in [0, 0.1) is 0 Å². The van der Waals surface area contributed by atoms with Gasteiger partial charge in [-0.2, -0.15) is 0 Å². The number of methoxy groups -OCH3 is 1. The Hall–Kier alpha value is -1.06. The van der Waals surface area contributed by atoms with E-state index in [0.717, 1.165) is 26.2 Å². The summed E-state index contributed by atoms with van der Waals surface area (Å²) in [4.78, 5) is 2.41. The molecule has 0 unspecified atom stereocenters. The third-order valence-electron chi connectivity index (χ3n) is 3.20. The number of ether oxygens (including phenoxy) is 1. The molecule has 1 rings (SSSR count). The first-order chi connectivity index (χ1) is 9.20. The smallest absolute Gasteiger partial charge is 0.0637 e. The zero-order chi connectivity index (χ0) is 14.1. The molecular formula is C16H28N2O. The fraction of sp³-hybridized carbons (Fsp3) is 0.625. The van der Waals surface area contributed by atoms with Crippen molar-refractivity contribution in [1.82, 2.24) is 5.32 Å². The molecule has 0 radical (unpaired) electrons. The van der Waals surface area contributed by atoms with Crippen molar-refractivity contribution in [1.29, 1.82) is 0 Å². The molecule has 0 saturated heterocycles. The van der Waals surface area contributed by atoms with Crippen LogP contribution in [0.3, 0.4) is 0 Å². The summed E-state index contributed by atoms with van der Waals surface area (Å²) in [5, 5.41) is 3.48. The van der Waals surface area contributed by atoms with Crippen molar-refractivity contribution in [3.05, 3.63) is 29.8 Å². The monoisotopic (exact) mass is 264 g/mol. The van der Waals surface area contributed by atoms with Crippen molar-refractivity contribution in [2.75, 3.05) is 31.7 Å². The lowest BCUT2D eigenvalue weighted by Crippen LogP contribution is -2.35. The molecule has 0 atom stereocenters. The Morgan fingerprint density at radius 2 is 2.00 bits per heavy atom. The van der Waals surface area contributed by atoms with Gasteiger partial charge < -0.3 is 15.0 Å². The van der Waals surface area contributed by atoms with Crippen LogP contribution in [0.15, 0.2) is 24.3 Å². The lowest BCUT2D eigenvalue weighted by molar-refractivity contribution is 0.204. The Kier molecular flexibility index (Phi) is 7.53. The largest absolute Gasteiger partial charge is 0.383 e. The Bertz CT molecular complexity index is 352. The summed E-state index contributed by atoms with van der Waals surface area (Å²) in [6.45, 7) is 10.3. The van der Waals surface area contributed by atoms with Gasteiger partial charge >= 0.3 is 0 Å². The van der Waals surface area contributed by atoms with Crippen molar-refractivity contribution >= 4 is 5.69 Å². The summed E-state index contributed by atoms with van der Waals surface area (Å²) in [6.07, 6.45) is 1.17. The van der Waals surface area contributed by atoms with Crippen LogP contribution in [0.1, 0.15) is 32.8 Å². The second-order valence-electron chi connectivity index (χ2n) is 5.09. The molecule has 0 aliphatic heterocycles. The molecule has 0 saturated carbocycles. The van der Waals surface area contributed by atoms with Crippen LogP contribution in [0.2, 0.25) is 0 Å². The van der Waals surface area contributed by atoms with Crippen LogP contribution < -0.4 is 10.2 Å². The van der Waals surface area contributed by atoms with Gasteiger partial charge in [0, 0.05) is 31.9 Å². The normalized spacial score (nSPS) is 11.0. The fourth-order valence-corrected chi connectivity index (χ4v) is 2.19. The highest BCUT2D eigenvalue weighted by molar-refractivity contribution is 5.54. The van der Waals surface area contributed by atoms with Gasteiger partial charge in [0.05, 0.1) is 6.61 Å². The molecule has 0 bridgehead atoms. The van der Waals surface area contributed by atoms with E-state index in [9.17, 15) is 0 Å².